The zero-order chi connectivity index (χ0) is 15.1. The molecule has 1 fully saturated rings. The van der Waals surface area contributed by atoms with Crippen LogP contribution >= 0.6 is 15.9 Å². The number of halogens is 1. The summed E-state index contributed by atoms with van der Waals surface area (Å²) in [5.41, 5.74) is 0.962. The molecule has 2 heteroatoms. The number of hydrogen-bond acceptors (Lipinski definition) is 1. The van der Waals surface area contributed by atoms with Gasteiger partial charge in [-0.25, -0.2) is 0 Å². The van der Waals surface area contributed by atoms with Crippen LogP contribution in [0, 0.1) is 23.7 Å². The molecule has 1 aliphatic rings. The van der Waals surface area contributed by atoms with Gasteiger partial charge < -0.3 is 5.11 Å². The van der Waals surface area contributed by atoms with Crippen molar-refractivity contribution in [3.63, 3.8) is 0 Å². The molecule has 1 aliphatic carbocycles. The Kier molecular flexibility index (Phi) is 6.80. The standard InChI is InChI=1S/C19H25BrO/c1-2-3-15-4-6-17(7-5-15)14-19(21)13-10-16-8-11-18(20)12-9-16/h8-9,11-12,15,17,19,21H,2-7,14H2,1H3/t15-,17-,19?. The number of hydrogen-bond donors (Lipinski definition) is 1. The average molecular weight is 349 g/mol. The molecule has 0 saturated heterocycles. The van der Waals surface area contributed by atoms with Crippen LogP contribution in [-0.2, 0) is 0 Å². The van der Waals surface area contributed by atoms with Gasteiger partial charge in [-0.1, -0.05) is 73.2 Å². The van der Waals surface area contributed by atoms with Gasteiger partial charge in [-0.2, -0.15) is 0 Å². The van der Waals surface area contributed by atoms with E-state index in [1.807, 2.05) is 24.3 Å². The quantitative estimate of drug-likeness (QED) is 0.745. The fraction of sp³-hybridized carbons (Fsp3) is 0.579. The molecule has 2 rings (SSSR count). The Morgan fingerprint density at radius 3 is 2.38 bits per heavy atom. The second-order valence-corrected chi connectivity index (χ2v) is 7.12. The molecule has 1 aromatic carbocycles. The summed E-state index contributed by atoms with van der Waals surface area (Å²) in [5.74, 6) is 7.65. The van der Waals surface area contributed by atoms with Crippen LogP contribution in [0.1, 0.15) is 57.4 Å². The van der Waals surface area contributed by atoms with Crippen molar-refractivity contribution in [2.75, 3.05) is 0 Å². The van der Waals surface area contributed by atoms with Crippen LogP contribution < -0.4 is 0 Å². The van der Waals surface area contributed by atoms with E-state index in [-0.39, 0.29) is 0 Å². The van der Waals surface area contributed by atoms with Gasteiger partial charge in [-0.05, 0) is 42.5 Å². The molecule has 1 aromatic rings. The zero-order valence-electron chi connectivity index (χ0n) is 12.8. The van der Waals surface area contributed by atoms with Gasteiger partial charge in [0.05, 0.1) is 0 Å². The fourth-order valence-corrected chi connectivity index (χ4v) is 3.50. The Labute approximate surface area is 137 Å². The van der Waals surface area contributed by atoms with E-state index in [0.29, 0.717) is 5.92 Å². The summed E-state index contributed by atoms with van der Waals surface area (Å²) in [6.07, 6.45) is 8.24. The molecule has 0 aromatic heterocycles. The Balaban J connectivity index is 1.78. The second-order valence-electron chi connectivity index (χ2n) is 6.20. The van der Waals surface area contributed by atoms with E-state index in [2.05, 4.69) is 34.7 Å². The van der Waals surface area contributed by atoms with Crippen molar-refractivity contribution in [3.8, 4) is 11.8 Å². The van der Waals surface area contributed by atoms with Crippen molar-refractivity contribution in [1.29, 1.82) is 0 Å². The molecule has 1 nitrogen and oxygen atoms in total. The third-order valence-corrected chi connectivity index (χ3v) is 4.98. The van der Waals surface area contributed by atoms with Crippen molar-refractivity contribution >= 4 is 15.9 Å². The first-order valence-corrected chi connectivity index (χ1v) is 8.92. The summed E-state index contributed by atoms with van der Waals surface area (Å²) < 4.78 is 1.05. The predicted octanol–water partition coefficient (Wildman–Crippen LogP) is 5.16. The van der Waals surface area contributed by atoms with Gasteiger partial charge in [0, 0.05) is 10.0 Å². The normalized spacial score (nSPS) is 23.2. The van der Waals surface area contributed by atoms with Crippen LogP contribution in [-0.4, -0.2) is 11.2 Å². The maximum absolute atomic E-state index is 10.1. The number of aliphatic hydroxyl groups excluding tert-OH is 1. The maximum atomic E-state index is 10.1. The van der Waals surface area contributed by atoms with Crippen LogP contribution in [0.15, 0.2) is 28.7 Å². The molecular formula is C19H25BrO. The molecule has 21 heavy (non-hydrogen) atoms. The van der Waals surface area contributed by atoms with Gasteiger partial charge in [0.15, 0.2) is 0 Å². The molecule has 0 radical (unpaired) electrons. The predicted molar refractivity (Wildman–Crippen MR) is 92.0 cm³/mol. The first-order valence-electron chi connectivity index (χ1n) is 8.12. The van der Waals surface area contributed by atoms with Crippen LogP contribution in [0.2, 0.25) is 0 Å². The van der Waals surface area contributed by atoms with Gasteiger partial charge in [0.2, 0.25) is 0 Å². The smallest absolute Gasteiger partial charge is 0.115 e. The topological polar surface area (TPSA) is 20.2 Å². The van der Waals surface area contributed by atoms with Gasteiger partial charge in [-0.15, -0.1) is 0 Å². The van der Waals surface area contributed by atoms with Crippen LogP contribution in [0.4, 0.5) is 0 Å². The first-order chi connectivity index (χ1) is 10.2. The van der Waals surface area contributed by atoms with Gasteiger partial charge >= 0.3 is 0 Å². The molecular weight excluding hydrogens is 324 g/mol. The zero-order valence-corrected chi connectivity index (χ0v) is 14.4. The molecule has 1 N–H and O–H groups in total. The minimum atomic E-state index is -0.485. The molecule has 114 valence electrons. The highest BCUT2D eigenvalue weighted by molar-refractivity contribution is 9.10. The van der Waals surface area contributed by atoms with Crippen molar-refractivity contribution in [3.05, 3.63) is 34.3 Å². The molecule has 1 atom stereocenters. The van der Waals surface area contributed by atoms with Gasteiger partial charge in [-0.3, -0.25) is 0 Å². The maximum Gasteiger partial charge on any atom is 0.115 e. The summed E-state index contributed by atoms with van der Waals surface area (Å²) in [6.45, 7) is 2.27. The lowest BCUT2D eigenvalue weighted by molar-refractivity contribution is 0.162. The van der Waals surface area contributed by atoms with E-state index in [9.17, 15) is 5.11 Å². The van der Waals surface area contributed by atoms with Crippen molar-refractivity contribution in [2.45, 2.75) is 58.0 Å². The summed E-state index contributed by atoms with van der Waals surface area (Å²) >= 11 is 3.41. The third-order valence-electron chi connectivity index (χ3n) is 4.45. The van der Waals surface area contributed by atoms with E-state index >= 15 is 0 Å². The summed E-state index contributed by atoms with van der Waals surface area (Å²) in [5, 5.41) is 10.1. The number of rotatable bonds is 4. The molecule has 1 saturated carbocycles. The van der Waals surface area contributed by atoms with E-state index in [1.54, 1.807) is 0 Å². The van der Waals surface area contributed by atoms with Crippen molar-refractivity contribution in [2.24, 2.45) is 11.8 Å². The van der Waals surface area contributed by atoms with Crippen LogP contribution in [0.3, 0.4) is 0 Å². The second kappa shape index (κ2) is 8.61. The highest BCUT2D eigenvalue weighted by atomic mass is 79.9. The Hall–Kier alpha value is -0.780. The highest BCUT2D eigenvalue weighted by Gasteiger charge is 2.22. The average Bonchev–Trinajstić information content (AvgIpc) is 2.49. The summed E-state index contributed by atoms with van der Waals surface area (Å²) in [4.78, 5) is 0. The van der Waals surface area contributed by atoms with Crippen molar-refractivity contribution < 1.29 is 5.11 Å². The van der Waals surface area contributed by atoms with Crippen LogP contribution in [0.25, 0.3) is 0 Å². The third kappa shape index (κ3) is 5.85. The van der Waals surface area contributed by atoms with Crippen molar-refractivity contribution in [1.82, 2.24) is 0 Å². The van der Waals surface area contributed by atoms with E-state index in [1.165, 1.54) is 38.5 Å². The fourth-order valence-electron chi connectivity index (χ4n) is 3.24. The van der Waals surface area contributed by atoms with Gasteiger partial charge in [0.1, 0.15) is 6.10 Å². The summed E-state index contributed by atoms with van der Waals surface area (Å²) in [7, 11) is 0. The van der Waals surface area contributed by atoms with Crippen LogP contribution in [0.5, 0.6) is 0 Å². The first kappa shape index (κ1) is 16.6. The minimum absolute atomic E-state index is 0.485. The largest absolute Gasteiger partial charge is 0.380 e. The monoisotopic (exact) mass is 348 g/mol. The van der Waals surface area contributed by atoms with E-state index < -0.39 is 6.10 Å². The van der Waals surface area contributed by atoms with E-state index in [4.69, 9.17) is 0 Å². The minimum Gasteiger partial charge on any atom is -0.380 e. The molecule has 0 amide bonds. The number of benzene rings is 1. The molecule has 1 unspecified atom stereocenters. The number of aliphatic hydroxyl groups is 1. The SMILES string of the molecule is CCC[C@H]1CC[C@H](CC(O)C#Cc2ccc(Br)cc2)CC1. The lowest BCUT2D eigenvalue weighted by Gasteiger charge is -2.28. The lowest BCUT2D eigenvalue weighted by Crippen LogP contribution is -2.19. The molecule has 0 aliphatic heterocycles. The molecule has 0 spiro atoms. The Morgan fingerprint density at radius 2 is 1.76 bits per heavy atom. The molecule has 0 bridgehead atoms. The highest BCUT2D eigenvalue weighted by Crippen LogP contribution is 2.33. The Morgan fingerprint density at radius 1 is 1.14 bits per heavy atom. The lowest BCUT2D eigenvalue weighted by atomic mass is 9.78. The van der Waals surface area contributed by atoms with E-state index in [0.717, 1.165) is 22.4 Å². The Bertz CT molecular complexity index is 475. The van der Waals surface area contributed by atoms with Gasteiger partial charge in [0.25, 0.3) is 0 Å². The summed E-state index contributed by atoms with van der Waals surface area (Å²) in [6, 6.07) is 7.90. The molecule has 0 heterocycles.